The molecule has 0 fully saturated rings. The Morgan fingerprint density at radius 2 is 2.20 bits per heavy atom. The molecule has 30 valence electrons. The quantitative estimate of drug-likeness (QED) is 0.527. The van der Waals surface area contributed by atoms with E-state index in [1.54, 1.807) is 0 Å². The normalized spacial score (nSPS) is 15.0. The molecular formula is C3H8PbS. The Bertz CT molecular complexity index is 20.9. The predicted molar refractivity (Wildman–Crippen MR) is 30.2 cm³/mol. The van der Waals surface area contributed by atoms with Crippen LogP contribution in [0, 0.1) is 0 Å². The zero-order valence-corrected chi connectivity index (χ0v) is 8.69. The van der Waals surface area contributed by atoms with Crippen LogP contribution < -0.4 is 0 Å². The zero-order chi connectivity index (χ0) is 4.28. The number of rotatable bonds is 1. The molecule has 0 amide bonds. The van der Waals surface area contributed by atoms with Crippen molar-refractivity contribution in [3.63, 3.8) is 0 Å². The summed E-state index contributed by atoms with van der Waals surface area (Å²) in [5.74, 6) is 0. The third kappa shape index (κ3) is 5.27. The molecule has 0 nitrogen and oxygen atoms in total. The number of hydrogen-bond donors (Lipinski definition) is 1. The van der Waals surface area contributed by atoms with E-state index in [1.807, 2.05) is 0 Å². The third-order valence-electron chi connectivity index (χ3n) is 0.418. The Morgan fingerprint density at radius 1 is 2.00 bits per heavy atom. The van der Waals surface area contributed by atoms with Gasteiger partial charge < -0.3 is 0 Å². The molecule has 1 unspecified atom stereocenters. The van der Waals surface area contributed by atoms with E-state index >= 15 is 0 Å². The van der Waals surface area contributed by atoms with Crippen molar-refractivity contribution in [1.29, 1.82) is 0 Å². The van der Waals surface area contributed by atoms with E-state index in [0.29, 0.717) is 0 Å². The van der Waals surface area contributed by atoms with Gasteiger partial charge in [0.2, 0.25) is 0 Å². The first-order valence-corrected chi connectivity index (χ1v) is 4.81. The molecule has 0 aromatic heterocycles. The van der Waals surface area contributed by atoms with Gasteiger partial charge >= 0.3 is 54.5 Å². The second-order valence-corrected chi connectivity index (χ2v) is 6.95. The molecule has 0 aliphatic rings. The molecule has 2 heteroatoms. The molecule has 2 radical (unpaired) electrons. The fraction of sp³-hybridized carbons (Fsp3) is 1.00. The molecule has 0 aliphatic heterocycles. The summed E-state index contributed by atoms with van der Waals surface area (Å²) in [6.07, 6.45) is 1.24. The minimum absolute atomic E-state index is 0.745. The van der Waals surface area contributed by atoms with Crippen LogP contribution in [-0.4, -0.2) is 28.6 Å². The van der Waals surface area contributed by atoms with E-state index in [9.17, 15) is 0 Å². The van der Waals surface area contributed by atoms with Crippen molar-refractivity contribution in [3.8, 4) is 0 Å². The van der Waals surface area contributed by atoms with Crippen molar-refractivity contribution >= 4 is 38.4 Å². The van der Waals surface area contributed by atoms with Crippen LogP contribution in [0.1, 0.15) is 13.3 Å². The maximum absolute atomic E-state index is 4.17. The molecule has 0 saturated carbocycles. The molecule has 0 bridgehead atoms. The van der Waals surface area contributed by atoms with Crippen molar-refractivity contribution in [3.05, 3.63) is 0 Å². The van der Waals surface area contributed by atoms with Crippen molar-refractivity contribution in [2.45, 2.75) is 16.2 Å². The first kappa shape index (κ1) is 6.27. The molecule has 1 atom stereocenters. The van der Waals surface area contributed by atoms with E-state index in [2.05, 4.69) is 19.6 Å². The fourth-order valence-corrected chi connectivity index (χ4v) is 0. The topological polar surface area (TPSA) is 0 Å². The summed E-state index contributed by atoms with van der Waals surface area (Å²) in [6.45, 7) is 2.16. The molecule has 0 aliphatic carbocycles. The predicted octanol–water partition coefficient (Wildman–Crippen LogP) is 0.553. The summed E-state index contributed by atoms with van der Waals surface area (Å²) in [4.78, 5) is 0. The van der Waals surface area contributed by atoms with Gasteiger partial charge in [-0.05, 0) is 0 Å². The van der Waals surface area contributed by atoms with Crippen LogP contribution in [0.5, 0.6) is 0 Å². The standard InChI is InChI=1S/C3H7S.Pb.H/c1-2-3-4;;/h3-4H,2H2,1H3;;. The second kappa shape index (κ2) is 3.46. The van der Waals surface area contributed by atoms with Crippen molar-refractivity contribution in [2.24, 2.45) is 0 Å². The van der Waals surface area contributed by atoms with Crippen LogP contribution >= 0.6 is 12.6 Å². The Morgan fingerprint density at radius 3 is 2.20 bits per heavy atom. The maximum atomic E-state index is 4.17. The van der Waals surface area contributed by atoms with Gasteiger partial charge in [-0.2, -0.15) is 0 Å². The van der Waals surface area contributed by atoms with E-state index in [1.165, 1.54) is 6.42 Å². The fourth-order valence-electron chi connectivity index (χ4n) is 0. The van der Waals surface area contributed by atoms with Crippen LogP contribution in [0.4, 0.5) is 0 Å². The number of hydrogen-bond acceptors (Lipinski definition) is 1. The molecule has 0 rings (SSSR count). The molecular weight excluding hydrogens is 275 g/mol. The summed E-state index contributed by atoms with van der Waals surface area (Å²) in [5, 5.41) is 0. The van der Waals surface area contributed by atoms with Gasteiger partial charge in [-0.1, -0.05) is 0 Å². The SMILES string of the molecule is CC[CH](S)[PbH]. The summed E-state index contributed by atoms with van der Waals surface area (Å²) in [5.41, 5.74) is 0. The van der Waals surface area contributed by atoms with Gasteiger partial charge in [0.1, 0.15) is 0 Å². The van der Waals surface area contributed by atoms with Gasteiger partial charge in [-0.3, -0.25) is 0 Å². The van der Waals surface area contributed by atoms with Gasteiger partial charge in [-0.25, -0.2) is 0 Å². The van der Waals surface area contributed by atoms with E-state index in [4.69, 9.17) is 0 Å². The van der Waals surface area contributed by atoms with E-state index < -0.39 is 0 Å². The van der Waals surface area contributed by atoms with Crippen molar-refractivity contribution < 1.29 is 0 Å². The van der Waals surface area contributed by atoms with Gasteiger partial charge in [0.05, 0.1) is 0 Å². The molecule has 0 spiro atoms. The van der Waals surface area contributed by atoms with Gasteiger partial charge in [0.15, 0.2) is 0 Å². The zero-order valence-electron chi connectivity index (χ0n) is 3.31. The van der Waals surface area contributed by atoms with Gasteiger partial charge in [0, 0.05) is 0 Å². The van der Waals surface area contributed by atoms with Crippen LogP contribution in [0.15, 0.2) is 0 Å². The average Bonchev–Trinajstić information content (AvgIpc) is 1.38. The summed E-state index contributed by atoms with van der Waals surface area (Å²) >= 11 is 5.24. The Hall–Kier alpha value is 1.27. The molecule has 0 aromatic carbocycles. The third-order valence-corrected chi connectivity index (χ3v) is 2.62. The molecule has 0 heterocycles. The van der Waals surface area contributed by atoms with Crippen LogP contribution in [0.2, 0.25) is 0 Å². The summed E-state index contributed by atoms with van der Waals surface area (Å²) < 4.78 is 0.745. The minimum atomic E-state index is 0.745. The summed E-state index contributed by atoms with van der Waals surface area (Å²) in [6, 6.07) is 0. The van der Waals surface area contributed by atoms with Crippen LogP contribution in [0.25, 0.3) is 0 Å². The van der Waals surface area contributed by atoms with Crippen LogP contribution in [-0.2, 0) is 0 Å². The van der Waals surface area contributed by atoms with Gasteiger partial charge in [-0.15, -0.1) is 0 Å². The van der Waals surface area contributed by atoms with E-state index in [-0.39, 0.29) is 0 Å². The monoisotopic (exact) mass is 284 g/mol. The molecule has 5 heavy (non-hydrogen) atoms. The van der Waals surface area contributed by atoms with E-state index in [0.717, 1.165) is 28.6 Å². The van der Waals surface area contributed by atoms with Gasteiger partial charge in [0.25, 0.3) is 0 Å². The van der Waals surface area contributed by atoms with Crippen molar-refractivity contribution in [1.82, 2.24) is 0 Å². The average molecular weight is 283 g/mol. The summed E-state index contributed by atoms with van der Waals surface area (Å²) in [7, 11) is 0. The molecule has 0 N–H and O–H groups in total. The Balaban J connectivity index is 2.54. The van der Waals surface area contributed by atoms with Crippen LogP contribution in [0.3, 0.4) is 0 Å². The Labute approximate surface area is 54.4 Å². The van der Waals surface area contributed by atoms with Crippen molar-refractivity contribution in [2.75, 3.05) is 0 Å². The second-order valence-electron chi connectivity index (χ2n) is 0.976. The molecule has 0 saturated heterocycles. The Kier molecular flexibility index (Phi) is 4.34. The molecule has 0 aromatic rings. The first-order chi connectivity index (χ1) is 2.27. The first-order valence-electron chi connectivity index (χ1n) is 1.71. The number of thiol groups is 1.